The van der Waals surface area contributed by atoms with Gasteiger partial charge in [-0.3, -0.25) is 0 Å². The summed E-state index contributed by atoms with van der Waals surface area (Å²) in [6.45, 7) is 0.363. The Morgan fingerprint density at radius 2 is 1.89 bits per heavy atom. The number of nitrogens with two attached hydrogens (primary N) is 1. The Bertz CT molecular complexity index is 575. The van der Waals surface area contributed by atoms with Gasteiger partial charge in [-0.2, -0.15) is 0 Å². The molecule has 0 fully saturated rings. The highest BCUT2D eigenvalue weighted by atomic mass is 79.9. The molecule has 2 aromatic rings. The minimum Gasteiger partial charge on any atom is -0.457 e. The second kappa shape index (κ2) is 5.82. The van der Waals surface area contributed by atoms with Gasteiger partial charge in [0.05, 0.1) is 4.47 Å². The van der Waals surface area contributed by atoms with Crippen LogP contribution in [0.4, 0.5) is 4.39 Å². The lowest BCUT2D eigenvalue weighted by Gasteiger charge is -2.10. The summed E-state index contributed by atoms with van der Waals surface area (Å²) >= 11 is 6.46. The Morgan fingerprint density at radius 3 is 2.56 bits per heavy atom. The van der Waals surface area contributed by atoms with E-state index >= 15 is 0 Å². The van der Waals surface area contributed by atoms with Crippen LogP contribution in [-0.4, -0.2) is 0 Å². The molecule has 2 nitrogen and oxygen atoms in total. The van der Waals surface area contributed by atoms with Crippen LogP contribution in [0.1, 0.15) is 5.56 Å². The molecule has 94 valence electrons. The zero-order valence-electron chi connectivity index (χ0n) is 9.29. The van der Waals surface area contributed by atoms with Crippen LogP contribution in [0, 0.1) is 5.82 Å². The maximum atomic E-state index is 13.4. The van der Waals surface area contributed by atoms with Crippen molar-refractivity contribution in [3.63, 3.8) is 0 Å². The fraction of sp³-hybridized carbons (Fsp3) is 0.0769. The van der Waals surface area contributed by atoms with Gasteiger partial charge in [-0.25, -0.2) is 4.39 Å². The second-order valence-electron chi connectivity index (χ2n) is 3.63. The average molecular weight is 375 g/mol. The van der Waals surface area contributed by atoms with Crippen molar-refractivity contribution in [2.24, 2.45) is 5.73 Å². The molecule has 18 heavy (non-hydrogen) atoms. The third kappa shape index (κ3) is 3.10. The van der Waals surface area contributed by atoms with Crippen LogP contribution >= 0.6 is 31.9 Å². The van der Waals surface area contributed by atoms with Gasteiger partial charge < -0.3 is 10.5 Å². The van der Waals surface area contributed by atoms with Crippen LogP contribution < -0.4 is 10.5 Å². The second-order valence-corrected chi connectivity index (χ2v) is 5.40. The number of rotatable bonds is 3. The van der Waals surface area contributed by atoms with Crippen molar-refractivity contribution in [3.8, 4) is 11.5 Å². The standard InChI is InChI=1S/C13H10Br2FNO/c14-9-2-1-8(7-17)13(5-9)18-10-3-4-11(15)12(16)6-10/h1-6H,7,17H2. The summed E-state index contributed by atoms with van der Waals surface area (Å²) in [7, 11) is 0. The SMILES string of the molecule is NCc1ccc(Br)cc1Oc1ccc(Br)c(F)c1. The highest BCUT2D eigenvalue weighted by Crippen LogP contribution is 2.30. The van der Waals surface area contributed by atoms with Crippen molar-refractivity contribution in [1.82, 2.24) is 0 Å². The number of hydrogen-bond acceptors (Lipinski definition) is 2. The van der Waals surface area contributed by atoms with E-state index in [-0.39, 0.29) is 5.82 Å². The smallest absolute Gasteiger partial charge is 0.141 e. The normalized spacial score (nSPS) is 10.4. The lowest BCUT2D eigenvalue weighted by molar-refractivity contribution is 0.470. The molecule has 0 bridgehead atoms. The maximum absolute atomic E-state index is 13.4. The molecule has 0 atom stereocenters. The van der Waals surface area contributed by atoms with E-state index in [0.717, 1.165) is 10.0 Å². The Balaban J connectivity index is 2.33. The van der Waals surface area contributed by atoms with Gasteiger partial charge in [0.15, 0.2) is 0 Å². The molecule has 2 aromatic carbocycles. The predicted molar refractivity (Wildman–Crippen MR) is 76.2 cm³/mol. The fourth-order valence-electron chi connectivity index (χ4n) is 1.46. The minimum atomic E-state index is -0.364. The van der Waals surface area contributed by atoms with Crippen molar-refractivity contribution in [3.05, 3.63) is 56.7 Å². The number of halogens is 3. The monoisotopic (exact) mass is 373 g/mol. The Morgan fingerprint density at radius 1 is 1.11 bits per heavy atom. The van der Waals surface area contributed by atoms with Gasteiger partial charge in [0.1, 0.15) is 17.3 Å². The van der Waals surface area contributed by atoms with E-state index in [1.807, 2.05) is 18.2 Å². The van der Waals surface area contributed by atoms with E-state index in [9.17, 15) is 4.39 Å². The molecule has 5 heteroatoms. The molecule has 2 N–H and O–H groups in total. The highest BCUT2D eigenvalue weighted by molar-refractivity contribution is 9.10. The number of benzene rings is 2. The summed E-state index contributed by atoms with van der Waals surface area (Å²) in [6, 6.07) is 10.2. The van der Waals surface area contributed by atoms with Gasteiger partial charge in [-0.15, -0.1) is 0 Å². The molecule has 0 aliphatic heterocycles. The first kappa shape index (κ1) is 13.5. The molecular weight excluding hydrogens is 365 g/mol. The molecule has 0 saturated carbocycles. The zero-order chi connectivity index (χ0) is 13.1. The van der Waals surface area contributed by atoms with Crippen molar-refractivity contribution in [2.75, 3.05) is 0 Å². The van der Waals surface area contributed by atoms with Crippen LogP contribution in [0.2, 0.25) is 0 Å². The molecule has 0 unspecified atom stereocenters. The van der Waals surface area contributed by atoms with E-state index in [1.165, 1.54) is 6.07 Å². The molecule has 0 heterocycles. The van der Waals surface area contributed by atoms with E-state index in [1.54, 1.807) is 12.1 Å². The molecule has 0 saturated heterocycles. The quantitative estimate of drug-likeness (QED) is 0.851. The summed E-state index contributed by atoms with van der Waals surface area (Å²) in [5.41, 5.74) is 6.49. The van der Waals surface area contributed by atoms with E-state index in [4.69, 9.17) is 10.5 Å². The zero-order valence-corrected chi connectivity index (χ0v) is 12.5. The Kier molecular flexibility index (Phi) is 4.37. The first-order valence-corrected chi connectivity index (χ1v) is 6.80. The van der Waals surface area contributed by atoms with Gasteiger partial charge in [-0.1, -0.05) is 22.0 Å². The average Bonchev–Trinajstić information content (AvgIpc) is 2.34. The third-order valence-electron chi connectivity index (χ3n) is 2.37. The van der Waals surface area contributed by atoms with Crippen LogP contribution in [0.25, 0.3) is 0 Å². The van der Waals surface area contributed by atoms with E-state index < -0.39 is 0 Å². The van der Waals surface area contributed by atoms with Gasteiger partial charge in [-0.05, 0) is 40.2 Å². The largest absolute Gasteiger partial charge is 0.457 e. The molecule has 2 rings (SSSR count). The number of ether oxygens (including phenoxy) is 1. The van der Waals surface area contributed by atoms with Crippen LogP contribution in [0.3, 0.4) is 0 Å². The van der Waals surface area contributed by atoms with Gasteiger partial charge in [0.2, 0.25) is 0 Å². The topological polar surface area (TPSA) is 35.2 Å². The molecule has 0 radical (unpaired) electrons. The molecule has 0 spiro atoms. The minimum absolute atomic E-state index is 0.363. The lowest BCUT2D eigenvalue weighted by atomic mass is 10.2. The summed E-state index contributed by atoms with van der Waals surface area (Å²) in [5, 5.41) is 0. The molecule has 0 aromatic heterocycles. The van der Waals surface area contributed by atoms with Crippen LogP contribution in [0.5, 0.6) is 11.5 Å². The first-order chi connectivity index (χ1) is 8.60. The van der Waals surface area contributed by atoms with Crippen molar-refractivity contribution < 1.29 is 9.13 Å². The van der Waals surface area contributed by atoms with Gasteiger partial charge in [0, 0.05) is 22.6 Å². The first-order valence-electron chi connectivity index (χ1n) is 5.21. The maximum Gasteiger partial charge on any atom is 0.141 e. The lowest BCUT2D eigenvalue weighted by Crippen LogP contribution is -1.99. The van der Waals surface area contributed by atoms with Crippen LogP contribution in [-0.2, 0) is 6.54 Å². The Labute approximate surface area is 121 Å². The third-order valence-corrected chi connectivity index (χ3v) is 3.50. The summed E-state index contributed by atoms with van der Waals surface area (Å²) in [4.78, 5) is 0. The number of hydrogen-bond donors (Lipinski definition) is 1. The van der Waals surface area contributed by atoms with Gasteiger partial charge >= 0.3 is 0 Å². The summed E-state index contributed by atoms with van der Waals surface area (Å²) < 4.78 is 20.3. The molecular formula is C13H10Br2FNO. The van der Waals surface area contributed by atoms with Crippen molar-refractivity contribution >= 4 is 31.9 Å². The predicted octanol–water partition coefficient (Wildman–Crippen LogP) is 4.60. The summed E-state index contributed by atoms with van der Waals surface area (Å²) in [6.07, 6.45) is 0. The van der Waals surface area contributed by atoms with E-state index in [2.05, 4.69) is 31.9 Å². The molecule has 0 amide bonds. The molecule has 0 aliphatic carbocycles. The van der Waals surface area contributed by atoms with E-state index in [0.29, 0.717) is 22.5 Å². The van der Waals surface area contributed by atoms with Gasteiger partial charge in [0.25, 0.3) is 0 Å². The van der Waals surface area contributed by atoms with Crippen molar-refractivity contribution in [1.29, 1.82) is 0 Å². The molecule has 0 aliphatic rings. The summed E-state index contributed by atoms with van der Waals surface area (Å²) in [5.74, 6) is 0.689. The Hall–Kier alpha value is -0.910. The fourth-order valence-corrected chi connectivity index (χ4v) is 2.05. The highest BCUT2D eigenvalue weighted by Gasteiger charge is 2.07. The van der Waals surface area contributed by atoms with Crippen molar-refractivity contribution in [2.45, 2.75) is 6.54 Å². The van der Waals surface area contributed by atoms with Crippen LogP contribution in [0.15, 0.2) is 45.3 Å².